The highest BCUT2D eigenvalue weighted by Crippen LogP contribution is 2.28. The highest BCUT2D eigenvalue weighted by atomic mass is 15.3. The third kappa shape index (κ3) is 1.91. The maximum absolute atomic E-state index is 4.67. The first kappa shape index (κ1) is 10.6. The van der Waals surface area contributed by atoms with Crippen molar-refractivity contribution in [3.63, 3.8) is 0 Å². The molecule has 4 nitrogen and oxygen atoms in total. The van der Waals surface area contributed by atoms with Gasteiger partial charge in [0.1, 0.15) is 5.82 Å². The minimum atomic E-state index is 0.174. The molecule has 0 bridgehead atoms. The van der Waals surface area contributed by atoms with E-state index in [4.69, 9.17) is 0 Å². The number of hydrogen-bond donors (Lipinski definition) is 1. The summed E-state index contributed by atoms with van der Waals surface area (Å²) in [6.45, 7) is 6.54. The smallest absolute Gasteiger partial charge is 0.150 e. The molecule has 2 heterocycles. The van der Waals surface area contributed by atoms with Crippen molar-refractivity contribution >= 4 is 0 Å². The molecule has 1 aromatic heterocycles. The molecule has 0 spiro atoms. The zero-order valence-corrected chi connectivity index (χ0v) is 9.88. The molecule has 0 radical (unpaired) electrons. The third-order valence-electron chi connectivity index (χ3n) is 3.19. The lowest BCUT2D eigenvalue weighted by molar-refractivity contribution is 0.461. The highest BCUT2D eigenvalue weighted by molar-refractivity contribution is 5.11. The predicted molar refractivity (Wildman–Crippen MR) is 59.8 cm³/mol. The molecule has 0 amide bonds. The molecule has 84 valence electrons. The Kier molecular flexibility index (Phi) is 2.78. The number of rotatable bonds is 3. The van der Waals surface area contributed by atoms with Crippen molar-refractivity contribution in [2.24, 2.45) is 7.05 Å². The van der Waals surface area contributed by atoms with Gasteiger partial charge in [0.2, 0.25) is 0 Å². The summed E-state index contributed by atoms with van der Waals surface area (Å²) in [7, 11) is 2.01. The van der Waals surface area contributed by atoms with Crippen LogP contribution in [0.15, 0.2) is 0 Å². The Morgan fingerprint density at radius 1 is 1.53 bits per heavy atom. The zero-order chi connectivity index (χ0) is 10.9. The van der Waals surface area contributed by atoms with E-state index in [-0.39, 0.29) is 5.41 Å². The molecule has 1 fully saturated rings. The van der Waals surface area contributed by atoms with Crippen molar-refractivity contribution in [1.29, 1.82) is 0 Å². The molecule has 4 heteroatoms. The third-order valence-corrected chi connectivity index (χ3v) is 3.19. The average molecular weight is 208 g/mol. The van der Waals surface area contributed by atoms with Gasteiger partial charge >= 0.3 is 0 Å². The minimum absolute atomic E-state index is 0.174. The largest absolute Gasteiger partial charge is 0.316 e. The van der Waals surface area contributed by atoms with Gasteiger partial charge in [0, 0.05) is 25.4 Å². The fourth-order valence-electron chi connectivity index (χ4n) is 2.30. The molecule has 1 aromatic rings. The van der Waals surface area contributed by atoms with Crippen LogP contribution in [0.25, 0.3) is 0 Å². The number of aromatic nitrogens is 3. The van der Waals surface area contributed by atoms with Gasteiger partial charge in [-0.1, -0.05) is 13.8 Å². The van der Waals surface area contributed by atoms with Crippen LogP contribution in [0, 0.1) is 0 Å². The van der Waals surface area contributed by atoms with Crippen LogP contribution in [0.4, 0.5) is 0 Å². The van der Waals surface area contributed by atoms with Crippen LogP contribution in [0.2, 0.25) is 0 Å². The molecule has 1 saturated heterocycles. The van der Waals surface area contributed by atoms with Crippen molar-refractivity contribution in [2.75, 3.05) is 13.1 Å². The molecule has 0 saturated carbocycles. The van der Waals surface area contributed by atoms with Gasteiger partial charge in [0.25, 0.3) is 0 Å². The molecule has 1 unspecified atom stereocenters. The first-order chi connectivity index (χ1) is 7.15. The van der Waals surface area contributed by atoms with E-state index in [9.17, 15) is 0 Å². The van der Waals surface area contributed by atoms with Gasteiger partial charge < -0.3 is 5.32 Å². The summed E-state index contributed by atoms with van der Waals surface area (Å²) < 4.78 is 1.96. The Hall–Kier alpha value is -0.900. The van der Waals surface area contributed by atoms with Crippen molar-refractivity contribution in [3.8, 4) is 0 Å². The van der Waals surface area contributed by atoms with Crippen molar-refractivity contribution in [2.45, 2.75) is 38.5 Å². The number of aryl methyl sites for hydroxylation is 2. The quantitative estimate of drug-likeness (QED) is 0.806. The fourth-order valence-corrected chi connectivity index (χ4v) is 2.30. The molecule has 1 aliphatic heterocycles. The van der Waals surface area contributed by atoms with Gasteiger partial charge in [-0.15, -0.1) is 0 Å². The van der Waals surface area contributed by atoms with Gasteiger partial charge in [-0.25, -0.2) is 4.98 Å². The Bertz CT molecular complexity index is 336. The molecule has 0 aromatic carbocycles. The van der Waals surface area contributed by atoms with Gasteiger partial charge in [-0.3, -0.25) is 4.68 Å². The van der Waals surface area contributed by atoms with E-state index in [0.717, 1.165) is 44.0 Å². The normalized spacial score (nSPS) is 26.1. The van der Waals surface area contributed by atoms with E-state index in [1.165, 1.54) is 0 Å². The van der Waals surface area contributed by atoms with E-state index >= 15 is 0 Å². The molecule has 1 aliphatic rings. The Morgan fingerprint density at radius 2 is 2.33 bits per heavy atom. The molecule has 1 atom stereocenters. The van der Waals surface area contributed by atoms with Gasteiger partial charge in [-0.05, 0) is 19.4 Å². The predicted octanol–water partition coefficient (Wildman–Crippen LogP) is 1.02. The Balaban J connectivity index is 2.27. The van der Waals surface area contributed by atoms with E-state index in [0.29, 0.717) is 0 Å². The lowest BCUT2D eigenvalue weighted by Crippen LogP contribution is -2.28. The Morgan fingerprint density at radius 3 is 2.93 bits per heavy atom. The number of nitrogens with one attached hydrogen (secondary N) is 1. The van der Waals surface area contributed by atoms with E-state index in [2.05, 4.69) is 29.2 Å². The summed E-state index contributed by atoms with van der Waals surface area (Å²) in [5, 5.41) is 7.87. The maximum atomic E-state index is 4.67. The summed E-state index contributed by atoms with van der Waals surface area (Å²) >= 11 is 0. The molecule has 1 N–H and O–H groups in total. The topological polar surface area (TPSA) is 42.7 Å². The summed E-state index contributed by atoms with van der Waals surface area (Å²) in [5.41, 5.74) is 0.174. The average Bonchev–Trinajstić information content (AvgIpc) is 2.75. The monoisotopic (exact) mass is 208 g/mol. The van der Waals surface area contributed by atoms with E-state index < -0.39 is 0 Å². The maximum Gasteiger partial charge on any atom is 0.150 e. The first-order valence-corrected chi connectivity index (χ1v) is 5.77. The highest BCUT2D eigenvalue weighted by Gasteiger charge is 2.34. The summed E-state index contributed by atoms with van der Waals surface area (Å²) in [5.74, 6) is 2.12. The van der Waals surface area contributed by atoms with Crippen LogP contribution in [-0.4, -0.2) is 27.9 Å². The minimum Gasteiger partial charge on any atom is -0.316 e. The standard InChI is InChI=1S/C11H20N4/c1-4-5-9-13-10(15(3)14-9)11(2)6-7-12-8-11/h12H,4-8H2,1-3H3. The molecule has 2 rings (SSSR count). The van der Waals surface area contributed by atoms with Crippen LogP contribution in [0.5, 0.6) is 0 Å². The molecular weight excluding hydrogens is 188 g/mol. The number of hydrogen-bond acceptors (Lipinski definition) is 3. The summed E-state index contributed by atoms with van der Waals surface area (Å²) in [6, 6.07) is 0. The van der Waals surface area contributed by atoms with Crippen LogP contribution >= 0.6 is 0 Å². The summed E-state index contributed by atoms with van der Waals surface area (Å²) in [4.78, 5) is 4.67. The lowest BCUT2D eigenvalue weighted by Gasteiger charge is -2.20. The zero-order valence-electron chi connectivity index (χ0n) is 9.88. The second-order valence-electron chi connectivity index (χ2n) is 4.71. The van der Waals surface area contributed by atoms with Crippen LogP contribution < -0.4 is 5.32 Å². The van der Waals surface area contributed by atoms with Crippen LogP contribution in [0.3, 0.4) is 0 Å². The van der Waals surface area contributed by atoms with E-state index in [1.54, 1.807) is 0 Å². The molecular formula is C11H20N4. The summed E-state index contributed by atoms with van der Waals surface area (Å²) in [6.07, 6.45) is 3.25. The Labute approximate surface area is 91.1 Å². The first-order valence-electron chi connectivity index (χ1n) is 5.77. The van der Waals surface area contributed by atoms with Crippen LogP contribution in [0.1, 0.15) is 38.3 Å². The van der Waals surface area contributed by atoms with Crippen molar-refractivity contribution in [3.05, 3.63) is 11.6 Å². The number of nitrogens with zero attached hydrogens (tertiary/aromatic N) is 3. The second-order valence-corrected chi connectivity index (χ2v) is 4.71. The van der Waals surface area contributed by atoms with Crippen LogP contribution in [-0.2, 0) is 18.9 Å². The fraction of sp³-hybridized carbons (Fsp3) is 0.818. The second kappa shape index (κ2) is 3.93. The van der Waals surface area contributed by atoms with Crippen molar-refractivity contribution < 1.29 is 0 Å². The van der Waals surface area contributed by atoms with Gasteiger partial charge in [0.15, 0.2) is 5.82 Å². The van der Waals surface area contributed by atoms with Crippen molar-refractivity contribution in [1.82, 2.24) is 20.1 Å². The van der Waals surface area contributed by atoms with Gasteiger partial charge in [-0.2, -0.15) is 5.10 Å². The SMILES string of the molecule is CCCc1nc(C2(C)CCNC2)n(C)n1. The lowest BCUT2D eigenvalue weighted by atomic mass is 9.89. The van der Waals surface area contributed by atoms with Gasteiger partial charge in [0.05, 0.1) is 0 Å². The molecule has 15 heavy (non-hydrogen) atoms. The van der Waals surface area contributed by atoms with E-state index in [1.807, 2.05) is 11.7 Å². The molecule has 0 aliphatic carbocycles.